The fourth-order valence-electron chi connectivity index (χ4n) is 1.16. The molecule has 0 aliphatic carbocycles. The molecule has 0 radical (unpaired) electrons. The smallest absolute Gasteiger partial charge is 0.358 e. The van der Waals surface area contributed by atoms with Gasteiger partial charge in [-0.25, -0.2) is 18.2 Å². The molecule has 1 heterocycles. The van der Waals surface area contributed by atoms with Gasteiger partial charge in [0.2, 0.25) is 0 Å². The predicted molar refractivity (Wildman–Crippen MR) is 66.1 cm³/mol. The summed E-state index contributed by atoms with van der Waals surface area (Å²) in [7, 11) is -3.20. The molecule has 1 aromatic rings. The molecule has 0 bridgehead atoms. The molecule has 0 saturated carbocycles. The van der Waals surface area contributed by atoms with E-state index in [9.17, 15) is 13.2 Å². The Balaban J connectivity index is 3.08. The van der Waals surface area contributed by atoms with Crippen molar-refractivity contribution in [1.29, 1.82) is 0 Å². The molecule has 0 spiro atoms. The number of carbonyl (C=O) groups is 1. The number of esters is 1. The van der Waals surface area contributed by atoms with Crippen LogP contribution in [0.4, 0.5) is 0 Å². The van der Waals surface area contributed by atoms with Crippen molar-refractivity contribution in [1.82, 2.24) is 4.98 Å². The number of hydrogen-bond acceptors (Lipinski definition) is 6. The molecule has 0 aromatic carbocycles. The van der Waals surface area contributed by atoms with Crippen LogP contribution in [0.15, 0.2) is 0 Å². The van der Waals surface area contributed by atoms with Gasteiger partial charge in [-0.15, -0.1) is 11.3 Å². The van der Waals surface area contributed by atoms with Crippen molar-refractivity contribution >= 4 is 27.1 Å². The molecule has 0 amide bonds. The van der Waals surface area contributed by atoms with Crippen LogP contribution in [0.2, 0.25) is 0 Å². The highest BCUT2D eigenvalue weighted by atomic mass is 32.2. The number of rotatable bonds is 4. The average molecular weight is 277 g/mol. The van der Waals surface area contributed by atoms with Gasteiger partial charge in [0.25, 0.3) is 0 Å². The summed E-state index contributed by atoms with van der Waals surface area (Å²) in [5.74, 6) is -0.506. The molecule has 96 valence electrons. The van der Waals surface area contributed by atoms with Gasteiger partial charge in [-0.1, -0.05) is 0 Å². The third kappa shape index (κ3) is 3.26. The van der Waals surface area contributed by atoms with E-state index in [1.54, 1.807) is 20.8 Å². The maximum atomic E-state index is 11.5. The quantitative estimate of drug-likeness (QED) is 0.784. The van der Waals surface area contributed by atoms with Crippen LogP contribution in [-0.4, -0.2) is 32.2 Å². The van der Waals surface area contributed by atoms with E-state index in [0.29, 0.717) is 9.88 Å². The van der Waals surface area contributed by atoms with E-state index in [1.807, 2.05) is 0 Å². The van der Waals surface area contributed by atoms with Crippen molar-refractivity contribution in [3.05, 3.63) is 15.6 Å². The molecule has 1 aromatic heterocycles. The molecule has 1 atom stereocenters. The lowest BCUT2D eigenvalue weighted by Gasteiger charge is -2.04. The van der Waals surface area contributed by atoms with E-state index in [2.05, 4.69) is 4.98 Å². The molecule has 1 unspecified atom stereocenters. The fourth-order valence-corrected chi connectivity index (χ4v) is 3.09. The average Bonchev–Trinajstić information content (AvgIpc) is 2.58. The zero-order valence-corrected chi connectivity index (χ0v) is 11.8. The third-order valence-corrected chi connectivity index (χ3v) is 5.08. The Hall–Kier alpha value is -0.950. The molecule has 0 aliphatic heterocycles. The molecule has 0 saturated heterocycles. The lowest BCUT2D eigenvalue weighted by Crippen LogP contribution is -2.09. The van der Waals surface area contributed by atoms with Gasteiger partial charge in [-0.3, -0.25) is 0 Å². The van der Waals surface area contributed by atoms with E-state index in [4.69, 9.17) is 4.74 Å². The van der Waals surface area contributed by atoms with Crippen LogP contribution in [0.3, 0.4) is 0 Å². The number of nitrogens with zero attached hydrogens (tertiary/aromatic N) is 1. The Morgan fingerprint density at radius 2 is 2.12 bits per heavy atom. The van der Waals surface area contributed by atoms with Gasteiger partial charge < -0.3 is 4.74 Å². The van der Waals surface area contributed by atoms with Crippen LogP contribution in [0.25, 0.3) is 0 Å². The van der Waals surface area contributed by atoms with E-state index >= 15 is 0 Å². The third-order valence-electron chi connectivity index (χ3n) is 2.27. The van der Waals surface area contributed by atoms with E-state index in [-0.39, 0.29) is 12.3 Å². The lowest BCUT2D eigenvalue weighted by atomic mass is 10.4. The summed E-state index contributed by atoms with van der Waals surface area (Å²) in [4.78, 5) is 16.3. The van der Waals surface area contributed by atoms with Gasteiger partial charge in [-0.05, 0) is 20.8 Å². The van der Waals surface area contributed by atoms with Crippen LogP contribution in [0.1, 0.15) is 39.5 Å². The largest absolute Gasteiger partial charge is 0.461 e. The second-order valence-electron chi connectivity index (χ2n) is 3.65. The Bertz CT molecular complexity index is 518. The highest BCUT2D eigenvalue weighted by Gasteiger charge is 2.24. The minimum Gasteiger partial charge on any atom is -0.461 e. The molecule has 1 rings (SSSR count). The highest BCUT2D eigenvalue weighted by molar-refractivity contribution is 7.91. The van der Waals surface area contributed by atoms with Crippen molar-refractivity contribution in [2.45, 2.75) is 26.0 Å². The Morgan fingerprint density at radius 3 is 2.59 bits per heavy atom. The number of aromatic nitrogens is 1. The Morgan fingerprint density at radius 1 is 1.53 bits per heavy atom. The van der Waals surface area contributed by atoms with Gasteiger partial charge in [-0.2, -0.15) is 0 Å². The van der Waals surface area contributed by atoms with Crippen LogP contribution in [0.5, 0.6) is 0 Å². The molecule has 0 aliphatic rings. The first-order valence-corrected chi connectivity index (χ1v) is 7.87. The summed E-state index contributed by atoms with van der Waals surface area (Å²) in [6, 6.07) is 0. The zero-order chi connectivity index (χ0) is 13.2. The minimum absolute atomic E-state index is 0.211. The SMILES string of the molecule is CCOC(=O)c1nc(C(C)S(C)(=O)=O)sc1C. The van der Waals surface area contributed by atoms with Crippen LogP contribution < -0.4 is 0 Å². The van der Waals surface area contributed by atoms with Crippen molar-refractivity contribution in [2.24, 2.45) is 0 Å². The standard InChI is InChI=1S/C10H15NO4S2/c1-5-15-10(12)8-6(2)16-9(11-8)7(3)17(4,13)14/h7H,5H2,1-4H3. The molecule has 0 fully saturated rings. The topological polar surface area (TPSA) is 73.3 Å². The highest BCUT2D eigenvalue weighted by Crippen LogP contribution is 2.28. The van der Waals surface area contributed by atoms with E-state index in [0.717, 1.165) is 6.26 Å². The zero-order valence-electron chi connectivity index (χ0n) is 10.2. The maximum absolute atomic E-state index is 11.5. The summed E-state index contributed by atoms with van der Waals surface area (Å²) in [5.41, 5.74) is 0.211. The van der Waals surface area contributed by atoms with Gasteiger partial charge >= 0.3 is 5.97 Å². The maximum Gasteiger partial charge on any atom is 0.358 e. The van der Waals surface area contributed by atoms with Gasteiger partial charge in [0.1, 0.15) is 10.3 Å². The molecular formula is C10H15NO4S2. The molecule has 17 heavy (non-hydrogen) atoms. The van der Waals surface area contributed by atoms with E-state index in [1.165, 1.54) is 11.3 Å². The van der Waals surface area contributed by atoms with Crippen LogP contribution in [-0.2, 0) is 14.6 Å². The number of ether oxygens (including phenoxy) is 1. The first-order chi connectivity index (χ1) is 7.77. The summed E-state index contributed by atoms with van der Waals surface area (Å²) < 4.78 is 27.6. The number of aryl methyl sites for hydroxylation is 1. The van der Waals surface area contributed by atoms with Gasteiger partial charge in [0.15, 0.2) is 15.5 Å². The number of sulfone groups is 1. The monoisotopic (exact) mass is 277 g/mol. The first-order valence-electron chi connectivity index (χ1n) is 5.10. The summed E-state index contributed by atoms with van der Waals surface area (Å²) in [6.45, 7) is 5.26. The fraction of sp³-hybridized carbons (Fsp3) is 0.600. The van der Waals surface area contributed by atoms with Crippen molar-refractivity contribution in [3.8, 4) is 0 Å². The molecule has 7 heteroatoms. The Labute approximate surface area is 105 Å². The van der Waals surface area contributed by atoms with Crippen molar-refractivity contribution in [2.75, 3.05) is 12.9 Å². The van der Waals surface area contributed by atoms with Gasteiger partial charge in [0.05, 0.1) is 6.61 Å². The lowest BCUT2D eigenvalue weighted by molar-refractivity contribution is 0.0519. The minimum atomic E-state index is -3.20. The second kappa shape index (κ2) is 5.14. The number of hydrogen-bond donors (Lipinski definition) is 0. The summed E-state index contributed by atoms with van der Waals surface area (Å²) >= 11 is 1.21. The van der Waals surface area contributed by atoms with E-state index < -0.39 is 21.1 Å². The van der Waals surface area contributed by atoms with Crippen molar-refractivity contribution in [3.63, 3.8) is 0 Å². The number of carbonyl (C=O) groups excluding carboxylic acids is 1. The van der Waals surface area contributed by atoms with Crippen LogP contribution in [0, 0.1) is 6.92 Å². The molecule has 5 nitrogen and oxygen atoms in total. The first kappa shape index (κ1) is 14.1. The van der Waals surface area contributed by atoms with Crippen LogP contribution >= 0.6 is 11.3 Å². The predicted octanol–water partition coefficient (Wildman–Crippen LogP) is 1.73. The second-order valence-corrected chi connectivity index (χ2v) is 7.25. The number of thiazole rings is 1. The molecular weight excluding hydrogens is 262 g/mol. The summed E-state index contributed by atoms with van der Waals surface area (Å²) in [5, 5.41) is -0.276. The van der Waals surface area contributed by atoms with Gasteiger partial charge in [0, 0.05) is 11.1 Å². The normalized spacial score (nSPS) is 13.4. The summed E-state index contributed by atoms with van der Waals surface area (Å²) in [6.07, 6.45) is 1.15. The van der Waals surface area contributed by atoms with Crippen molar-refractivity contribution < 1.29 is 17.9 Å². The molecule has 0 N–H and O–H groups in total. The Kier molecular flexibility index (Phi) is 4.26.